The number of carbonyl (C=O) groups is 2. The highest BCUT2D eigenvalue weighted by Crippen LogP contribution is 2.42. The largest absolute Gasteiger partial charge is 0.507 e. The number of aliphatic hydroxyl groups excluding tert-OH is 1. The summed E-state index contributed by atoms with van der Waals surface area (Å²) in [5, 5.41) is 11.3. The third-order valence-corrected chi connectivity index (χ3v) is 6.88. The number of hydrogen-bond acceptors (Lipinski definition) is 7. The van der Waals surface area contributed by atoms with E-state index in [1.54, 1.807) is 48.8 Å². The van der Waals surface area contributed by atoms with Crippen molar-refractivity contribution < 1.29 is 19.4 Å². The van der Waals surface area contributed by atoms with Crippen molar-refractivity contribution in [3.8, 4) is 5.75 Å². The number of rotatable bonds is 6. The molecule has 0 bridgehead atoms. The molecular weight excluding hydrogens is 468 g/mol. The van der Waals surface area contributed by atoms with Crippen LogP contribution in [0.4, 0.5) is 11.4 Å². The number of ketones is 1. The maximum Gasteiger partial charge on any atom is 0.300 e. The SMILES string of the molecule is CCOc1cccc(/C(O)=C2\C(=O)C(=O)N(c3ccc(N4CCN(C)CC4)cc3)C2c2ccncc2)c1. The summed E-state index contributed by atoms with van der Waals surface area (Å²) in [6.07, 6.45) is 3.23. The number of aliphatic hydroxyl groups is 1. The number of hydrogen-bond donors (Lipinski definition) is 1. The molecule has 2 aliphatic rings. The molecule has 1 amide bonds. The second kappa shape index (κ2) is 10.4. The van der Waals surface area contributed by atoms with Gasteiger partial charge in [0.05, 0.1) is 18.2 Å². The lowest BCUT2D eigenvalue weighted by Gasteiger charge is -2.34. The number of carbonyl (C=O) groups excluding carboxylic acids is 2. The van der Waals surface area contributed by atoms with Gasteiger partial charge >= 0.3 is 0 Å². The number of aromatic nitrogens is 1. The first-order valence-corrected chi connectivity index (χ1v) is 12.5. The lowest BCUT2D eigenvalue weighted by atomic mass is 9.95. The molecule has 1 atom stereocenters. The van der Waals surface area contributed by atoms with Gasteiger partial charge < -0.3 is 19.6 Å². The van der Waals surface area contributed by atoms with Gasteiger partial charge in [0.25, 0.3) is 11.7 Å². The summed E-state index contributed by atoms with van der Waals surface area (Å²) in [7, 11) is 2.11. The molecule has 1 aromatic heterocycles. The first-order chi connectivity index (χ1) is 18.0. The second-order valence-corrected chi connectivity index (χ2v) is 9.22. The first kappa shape index (κ1) is 24.5. The van der Waals surface area contributed by atoms with E-state index in [9.17, 15) is 14.7 Å². The molecule has 2 saturated heterocycles. The lowest BCUT2D eigenvalue weighted by Crippen LogP contribution is -2.44. The average molecular weight is 499 g/mol. The number of Topliss-reactive ketones (excluding diaryl/α,β-unsaturated/α-hetero) is 1. The van der Waals surface area contributed by atoms with E-state index >= 15 is 0 Å². The minimum Gasteiger partial charge on any atom is -0.507 e. The van der Waals surface area contributed by atoms with Crippen LogP contribution >= 0.6 is 0 Å². The smallest absolute Gasteiger partial charge is 0.300 e. The zero-order valence-electron chi connectivity index (χ0n) is 21.0. The summed E-state index contributed by atoms with van der Waals surface area (Å²) in [6.45, 7) is 6.18. The number of ether oxygens (including phenoxy) is 1. The van der Waals surface area contributed by atoms with Crippen molar-refractivity contribution in [3.05, 3.63) is 89.8 Å². The van der Waals surface area contributed by atoms with Crippen LogP contribution in [-0.4, -0.2) is 66.5 Å². The van der Waals surface area contributed by atoms with E-state index in [0.717, 1.165) is 31.9 Å². The minimum absolute atomic E-state index is 0.0352. The summed E-state index contributed by atoms with van der Waals surface area (Å²) >= 11 is 0. The fraction of sp³-hybridized carbons (Fsp3) is 0.276. The van der Waals surface area contributed by atoms with Crippen LogP contribution in [0.25, 0.3) is 5.76 Å². The summed E-state index contributed by atoms with van der Waals surface area (Å²) in [5.41, 5.74) is 2.78. The molecule has 2 aromatic carbocycles. The van der Waals surface area contributed by atoms with Crippen molar-refractivity contribution in [1.29, 1.82) is 0 Å². The van der Waals surface area contributed by atoms with Crippen molar-refractivity contribution in [2.24, 2.45) is 0 Å². The molecule has 0 radical (unpaired) electrons. The van der Waals surface area contributed by atoms with Crippen LogP contribution in [0.2, 0.25) is 0 Å². The van der Waals surface area contributed by atoms with Gasteiger partial charge in [0.1, 0.15) is 11.5 Å². The van der Waals surface area contributed by atoms with Gasteiger partial charge in [-0.3, -0.25) is 19.5 Å². The predicted molar refractivity (Wildman–Crippen MR) is 143 cm³/mol. The van der Waals surface area contributed by atoms with Gasteiger partial charge in [0.2, 0.25) is 0 Å². The van der Waals surface area contributed by atoms with E-state index in [2.05, 4.69) is 21.8 Å². The third kappa shape index (κ3) is 4.80. The molecule has 2 fully saturated rings. The van der Waals surface area contributed by atoms with E-state index in [0.29, 0.717) is 29.2 Å². The van der Waals surface area contributed by atoms with Crippen molar-refractivity contribution in [1.82, 2.24) is 9.88 Å². The van der Waals surface area contributed by atoms with Crippen molar-refractivity contribution in [3.63, 3.8) is 0 Å². The highest BCUT2D eigenvalue weighted by Gasteiger charge is 2.47. The standard InChI is InChI=1S/C29H30N4O4/c1-3-37-24-6-4-5-21(19-24)27(34)25-26(20-11-13-30-14-12-20)33(29(36)28(25)35)23-9-7-22(8-10-23)32-17-15-31(2)16-18-32/h4-14,19,26,34H,3,15-18H2,1-2H3/b27-25+. The van der Waals surface area contributed by atoms with Crippen LogP contribution in [0.3, 0.4) is 0 Å². The molecule has 0 spiro atoms. The normalized spacial score (nSPS) is 19.9. The topological polar surface area (TPSA) is 86.2 Å². The number of pyridine rings is 1. The summed E-state index contributed by atoms with van der Waals surface area (Å²) in [5.74, 6) is -1.08. The maximum absolute atomic E-state index is 13.4. The number of benzene rings is 2. The molecule has 8 heteroatoms. The zero-order valence-corrected chi connectivity index (χ0v) is 21.0. The van der Waals surface area contributed by atoms with Gasteiger partial charge in [0, 0.05) is 55.5 Å². The van der Waals surface area contributed by atoms with Gasteiger partial charge in [-0.2, -0.15) is 0 Å². The number of nitrogens with zero attached hydrogens (tertiary/aromatic N) is 4. The predicted octanol–water partition coefficient (Wildman–Crippen LogP) is 3.86. The third-order valence-electron chi connectivity index (χ3n) is 6.88. The average Bonchev–Trinajstić information content (AvgIpc) is 3.20. The molecule has 1 N–H and O–H groups in total. The molecule has 3 aromatic rings. The number of anilines is 2. The van der Waals surface area contributed by atoms with Crippen LogP contribution < -0.4 is 14.5 Å². The first-order valence-electron chi connectivity index (χ1n) is 12.5. The van der Waals surface area contributed by atoms with Crippen LogP contribution in [0.1, 0.15) is 24.1 Å². The monoisotopic (exact) mass is 498 g/mol. The van der Waals surface area contributed by atoms with E-state index in [4.69, 9.17) is 4.74 Å². The number of likely N-dealkylation sites (N-methyl/N-ethyl adjacent to an activating group) is 1. The molecule has 0 saturated carbocycles. The van der Waals surface area contributed by atoms with Crippen LogP contribution in [-0.2, 0) is 9.59 Å². The maximum atomic E-state index is 13.4. The highest BCUT2D eigenvalue weighted by molar-refractivity contribution is 6.51. The molecule has 3 heterocycles. The summed E-state index contributed by atoms with van der Waals surface area (Å²) in [4.78, 5) is 36.9. The van der Waals surface area contributed by atoms with Gasteiger partial charge in [-0.25, -0.2) is 0 Å². The Labute approximate surface area is 216 Å². The van der Waals surface area contributed by atoms with Gasteiger partial charge in [-0.05, 0) is 68.1 Å². The molecule has 5 rings (SSSR count). The van der Waals surface area contributed by atoms with Gasteiger partial charge in [0.15, 0.2) is 0 Å². The van der Waals surface area contributed by atoms with Gasteiger partial charge in [-0.15, -0.1) is 0 Å². The summed E-state index contributed by atoms with van der Waals surface area (Å²) in [6, 6.07) is 17.3. The van der Waals surface area contributed by atoms with Gasteiger partial charge in [-0.1, -0.05) is 12.1 Å². The van der Waals surface area contributed by atoms with Crippen molar-refractivity contribution in [2.45, 2.75) is 13.0 Å². The Morgan fingerprint density at radius 3 is 2.32 bits per heavy atom. The van der Waals surface area contributed by atoms with Crippen molar-refractivity contribution in [2.75, 3.05) is 49.6 Å². The molecule has 8 nitrogen and oxygen atoms in total. The quantitative estimate of drug-likeness (QED) is 0.314. The van der Waals surface area contributed by atoms with Crippen LogP contribution in [0.15, 0.2) is 78.6 Å². The van der Waals surface area contributed by atoms with E-state index in [1.165, 1.54) is 4.90 Å². The number of amides is 1. The Morgan fingerprint density at radius 1 is 0.973 bits per heavy atom. The Hall–Kier alpha value is -4.17. The van der Waals surface area contributed by atoms with Crippen molar-refractivity contribution >= 4 is 28.8 Å². The molecule has 2 aliphatic heterocycles. The molecule has 0 aliphatic carbocycles. The Kier molecular flexibility index (Phi) is 6.92. The Bertz CT molecular complexity index is 1320. The van der Waals surface area contributed by atoms with E-state index < -0.39 is 17.7 Å². The second-order valence-electron chi connectivity index (χ2n) is 9.22. The van der Waals surface area contributed by atoms with Crippen LogP contribution in [0, 0.1) is 0 Å². The molecule has 190 valence electrons. The van der Waals surface area contributed by atoms with E-state index in [1.807, 2.05) is 31.2 Å². The van der Waals surface area contributed by atoms with Crippen LogP contribution in [0.5, 0.6) is 5.75 Å². The van der Waals surface area contributed by atoms with E-state index in [-0.39, 0.29) is 11.3 Å². The highest BCUT2D eigenvalue weighted by atomic mass is 16.5. The zero-order chi connectivity index (χ0) is 25.9. The molecular formula is C29H30N4O4. The summed E-state index contributed by atoms with van der Waals surface area (Å²) < 4.78 is 5.57. The fourth-order valence-corrected chi connectivity index (χ4v) is 4.90. The Balaban J connectivity index is 1.56. The Morgan fingerprint density at radius 2 is 1.65 bits per heavy atom. The molecule has 1 unspecified atom stereocenters. The minimum atomic E-state index is -0.798. The fourth-order valence-electron chi connectivity index (χ4n) is 4.90. The molecule has 37 heavy (non-hydrogen) atoms. The lowest BCUT2D eigenvalue weighted by molar-refractivity contribution is -0.132. The number of piperazine rings is 1.